The van der Waals surface area contributed by atoms with E-state index in [4.69, 9.17) is 26.9 Å². The fraction of sp³-hybridized carbons (Fsp3) is 0.625. The number of hydrogen-bond acceptors (Lipinski definition) is 4. The lowest BCUT2D eigenvalue weighted by molar-refractivity contribution is -0.103. The summed E-state index contributed by atoms with van der Waals surface area (Å²) < 4.78 is 11.6. The first-order valence-corrected chi connectivity index (χ1v) is 7.95. The van der Waals surface area contributed by atoms with Crippen molar-refractivity contribution < 1.29 is 9.47 Å². The van der Waals surface area contributed by atoms with Gasteiger partial charge in [-0.2, -0.15) is 0 Å². The summed E-state index contributed by atoms with van der Waals surface area (Å²) in [6.45, 7) is 4.28. The maximum Gasteiger partial charge on any atom is 0.0940 e. The molecule has 2 aliphatic rings. The molecule has 3 unspecified atom stereocenters. The van der Waals surface area contributed by atoms with Gasteiger partial charge in [0.2, 0.25) is 0 Å². The summed E-state index contributed by atoms with van der Waals surface area (Å²) >= 11 is 6.26. The quantitative estimate of drug-likeness (QED) is 0.666. The number of benzene rings is 1. The first kappa shape index (κ1) is 15.3. The summed E-state index contributed by atoms with van der Waals surface area (Å²) in [5.41, 5.74) is 5.12. The van der Waals surface area contributed by atoms with Gasteiger partial charge < -0.3 is 9.47 Å². The van der Waals surface area contributed by atoms with Crippen molar-refractivity contribution in [3.05, 3.63) is 34.3 Å². The van der Waals surface area contributed by atoms with Gasteiger partial charge in [0.15, 0.2) is 0 Å². The number of hydrazine groups is 1. The van der Waals surface area contributed by atoms with Crippen molar-refractivity contribution in [1.29, 1.82) is 0 Å². The van der Waals surface area contributed by atoms with Crippen LogP contribution in [0.25, 0.3) is 0 Å². The molecule has 1 aromatic carbocycles. The van der Waals surface area contributed by atoms with E-state index < -0.39 is 0 Å². The number of hydrogen-bond donors (Lipinski definition) is 2. The second-order valence-electron chi connectivity index (χ2n) is 6.24. The third-order valence-corrected chi connectivity index (χ3v) is 5.21. The molecule has 5 heteroatoms. The van der Waals surface area contributed by atoms with Gasteiger partial charge in [-0.05, 0) is 42.9 Å². The van der Waals surface area contributed by atoms with E-state index in [1.54, 1.807) is 0 Å². The van der Waals surface area contributed by atoms with Crippen LogP contribution in [0.3, 0.4) is 0 Å². The van der Waals surface area contributed by atoms with E-state index in [2.05, 4.69) is 17.6 Å². The number of rotatable bonds is 3. The second kappa shape index (κ2) is 6.23. The molecule has 4 nitrogen and oxygen atoms in total. The Morgan fingerprint density at radius 1 is 1.43 bits per heavy atom. The molecule has 1 aromatic rings. The molecule has 0 bridgehead atoms. The summed E-state index contributed by atoms with van der Waals surface area (Å²) in [7, 11) is 0. The van der Waals surface area contributed by atoms with Gasteiger partial charge in [-0.1, -0.05) is 23.7 Å². The van der Waals surface area contributed by atoms with Crippen LogP contribution in [-0.2, 0) is 9.47 Å². The highest BCUT2D eigenvalue weighted by molar-refractivity contribution is 6.31. The lowest BCUT2D eigenvalue weighted by Crippen LogP contribution is -2.45. The molecule has 3 rings (SSSR count). The largest absolute Gasteiger partial charge is 0.378 e. The highest BCUT2D eigenvalue weighted by atomic mass is 35.5. The van der Waals surface area contributed by atoms with Crippen LogP contribution in [0.4, 0.5) is 0 Å². The molecule has 2 saturated heterocycles. The average molecular weight is 311 g/mol. The van der Waals surface area contributed by atoms with Crippen LogP contribution >= 0.6 is 11.6 Å². The fourth-order valence-corrected chi connectivity index (χ4v) is 3.71. The predicted molar refractivity (Wildman–Crippen MR) is 83.1 cm³/mol. The monoisotopic (exact) mass is 310 g/mol. The number of ether oxygens (including phenoxy) is 2. The van der Waals surface area contributed by atoms with Crippen LogP contribution in [0, 0.1) is 12.8 Å². The van der Waals surface area contributed by atoms with Gasteiger partial charge in [-0.15, -0.1) is 0 Å². The van der Waals surface area contributed by atoms with Gasteiger partial charge in [0.25, 0.3) is 0 Å². The number of halogens is 1. The topological polar surface area (TPSA) is 56.5 Å². The molecule has 0 saturated carbocycles. The summed E-state index contributed by atoms with van der Waals surface area (Å²) in [5.74, 6) is 6.28. The van der Waals surface area contributed by atoms with Crippen molar-refractivity contribution in [2.75, 3.05) is 19.8 Å². The number of nitrogens with two attached hydrogens (primary N) is 1. The molecule has 0 aromatic heterocycles. The fourth-order valence-electron chi connectivity index (χ4n) is 3.52. The van der Waals surface area contributed by atoms with Crippen LogP contribution in [0.2, 0.25) is 5.02 Å². The Hall–Kier alpha value is -0.650. The Kier molecular flexibility index (Phi) is 4.52. The second-order valence-corrected chi connectivity index (χ2v) is 6.65. The summed E-state index contributed by atoms with van der Waals surface area (Å²) in [4.78, 5) is 0. The van der Waals surface area contributed by atoms with Crippen LogP contribution < -0.4 is 11.3 Å². The Morgan fingerprint density at radius 2 is 2.29 bits per heavy atom. The molecule has 2 aliphatic heterocycles. The van der Waals surface area contributed by atoms with Crippen LogP contribution in [0.1, 0.15) is 36.4 Å². The van der Waals surface area contributed by atoms with E-state index >= 15 is 0 Å². The zero-order valence-electron chi connectivity index (χ0n) is 12.4. The van der Waals surface area contributed by atoms with Crippen LogP contribution in [0.15, 0.2) is 18.2 Å². The molecular weight excluding hydrogens is 288 g/mol. The Balaban J connectivity index is 1.80. The predicted octanol–water partition coefficient (Wildman–Crippen LogP) is 2.74. The SMILES string of the molecule is Cc1ccc(C(NN)C2CCOC3(CCOC3)C2)cc1Cl. The van der Waals surface area contributed by atoms with Crippen molar-refractivity contribution in [3.63, 3.8) is 0 Å². The Morgan fingerprint density at radius 3 is 2.95 bits per heavy atom. The van der Waals surface area contributed by atoms with Gasteiger partial charge >= 0.3 is 0 Å². The van der Waals surface area contributed by atoms with Crippen molar-refractivity contribution >= 4 is 11.6 Å². The third kappa shape index (κ3) is 3.10. The first-order valence-electron chi connectivity index (χ1n) is 7.57. The average Bonchev–Trinajstić information content (AvgIpc) is 2.91. The molecule has 3 atom stereocenters. The van der Waals surface area contributed by atoms with Crippen molar-refractivity contribution in [2.45, 2.75) is 37.8 Å². The van der Waals surface area contributed by atoms with Crippen LogP contribution in [0.5, 0.6) is 0 Å². The highest BCUT2D eigenvalue weighted by Crippen LogP contribution is 2.41. The Labute approximate surface area is 130 Å². The molecule has 1 spiro atoms. The molecular formula is C16H23ClN2O2. The Bertz CT molecular complexity index is 503. The minimum Gasteiger partial charge on any atom is -0.378 e. The lowest BCUT2D eigenvalue weighted by Gasteiger charge is -2.40. The molecule has 21 heavy (non-hydrogen) atoms. The standard InChI is InChI=1S/C16H23ClN2O2/c1-11-2-3-12(8-14(11)17)15(19-18)13-4-6-21-16(9-13)5-7-20-10-16/h2-3,8,13,15,19H,4-7,9-10,18H2,1H3. The van der Waals surface area contributed by atoms with E-state index in [1.165, 1.54) is 0 Å². The van der Waals surface area contributed by atoms with E-state index in [0.29, 0.717) is 12.5 Å². The molecule has 0 amide bonds. The number of aryl methyl sites for hydroxylation is 1. The van der Waals surface area contributed by atoms with E-state index in [-0.39, 0.29) is 11.6 Å². The van der Waals surface area contributed by atoms with Crippen molar-refractivity contribution in [2.24, 2.45) is 11.8 Å². The molecule has 0 aliphatic carbocycles. The van der Waals surface area contributed by atoms with Gasteiger partial charge in [-0.25, -0.2) is 0 Å². The normalized spacial score (nSPS) is 30.7. The smallest absolute Gasteiger partial charge is 0.0940 e. The van der Waals surface area contributed by atoms with E-state index in [1.807, 2.05) is 13.0 Å². The van der Waals surface area contributed by atoms with Gasteiger partial charge in [-0.3, -0.25) is 11.3 Å². The zero-order chi connectivity index (χ0) is 14.9. The maximum absolute atomic E-state index is 6.26. The van der Waals surface area contributed by atoms with Gasteiger partial charge in [0.05, 0.1) is 12.2 Å². The maximum atomic E-state index is 6.26. The van der Waals surface area contributed by atoms with E-state index in [9.17, 15) is 0 Å². The van der Waals surface area contributed by atoms with Gasteiger partial charge in [0.1, 0.15) is 0 Å². The molecule has 2 fully saturated rings. The van der Waals surface area contributed by atoms with Gasteiger partial charge in [0, 0.05) is 30.7 Å². The molecule has 2 heterocycles. The van der Waals surface area contributed by atoms with E-state index in [0.717, 1.165) is 48.6 Å². The van der Waals surface area contributed by atoms with Crippen LogP contribution in [-0.4, -0.2) is 25.4 Å². The first-order chi connectivity index (χ1) is 10.1. The highest BCUT2D eigenvalue weighted by Gasteiger charge is 2.43. The van der Waals surface area contributed by atoms with Crippen molar-refractivity contribution in [3.8, 4) is 0 Å². The zero-order valence-corrected chi connectivity index (χ0v) is 13.2. The summed E-state index contributed by atoms with van der Waals surface area (Å²) in [6, 6.07) is 6.29. The molecule has 3 N–H and O–H groups in total. The lowest BCUT2D eigenvalue weighted by atomic mass is 9.79. The molecule has 116 valence electrons. The summed E-state index contributed by atoms with van der Waals surface area (Å²) in [5, 5.41) is 0.790. The molecule has 0 radical (unpaired) electrons. The summed E-state index contributed by atoms with van der Waals surface area (Å²) in [6.07, 6.45) is 2.96. The van der Waals surface area contributed by atoms with Crippen molar-refractivity contribution in [1.82, 2.24) is 5.43 Å². The number of nitrogens with one attached hydrogen (secondary N) is 1. The third-order valence-electron chi connectivity index (χ3n) is 4.80. The minimum atomic E-state index is -0.105. The minimum absolute atomic E-state index is 0.101.